The molecule has 1 aromatic rings. The Hall–Kier alpha value is -2.09. The van der Waals surface area contributed by atoms with E-state index in [0.29, 0.717) is 31.9 Å². The van der Waals surface area contributed by atoms with Gasteiger partial charge in [-0.15, -0.1) is 0 Å². The largest absolute Gasteiger partial charge is 0.409 e. The highest BCUT2D eigenvalue weighted by Gasteiger charge is 2.28. The number of carbonyl (C=O) groups excluding carboxylic acids is 1. The van der Waals surface area contributed by atoms with Gasteiger partial charge in [0.05, 0.1) is 18.6 Å². The van der Waals surface area contributed by atoms with Gasteiger partial charge in [0.1, 0.15) is 5.69 Å². The van der Waals surface area contributed by atoms with Crippen LogP contribution in [0.4, 0.5) is 0 Å². The third kappa shape index (κ3) is 3.15. The number of carbonyl (C=O) groups is 1. The first-order valence-corrected chi connectivity index (χ1v) is 7.05. The zero-order chi connectivity index (χ0) is 15.4. The molecule has 1 aliphatic heterocycles. The summed E-state index contributed by atoms with van der Waals surface area (Å²) in [7, 11) is 1.81. The fraction of sp³-hybridized carbons (Fsp3) is 0.615. The molecule has 21 heavy (non-hydrogen) atoms. The molecule has 0 spiro atoms. The maximum atomic E-state index is 12.4. The lowest BCUT2D eigenvalue weighted by atomic mass is 10.1. The Morgan fingerprint density at radius 3 is 2.62 bits per heavy atom. The van der Waals surface area contributed by atoms with Crippen molar-refractivity contribution in [1.82, 2.24) is 19.4 Å². The van der Waals surface area contributed by atoms with Crippen LogP contribution in [-0.2, 0) is 7.05 Å². The van der Waals surface area contributed by atoms with E-state index in [0.717, 1.165) is 6.42 Å². The molecule has 0 aliphatic carbocycles. The fourth-order valence-electron chi connectivity index (χ4n) is 2.68. The molecule has 8 nitrogen and oxygen atoms in total. The summed E-state index contributed by atoms with van der Waals surface area (Å²) in [6.07, 6.45) is 3.97. The molecule has 2 rings (SSSR count). The summed E-state index contributed by atoms with van der Waals surface area (Å²) in [5.41, 5.74) is 6.31. The summed E-state index contributed by atoms with van der Waals surface area (Å²) in [6, 6.07) is -0.0797. The van der Waals surface area contributed by atoms with Gasteiger partial charge in [0.2, 0.25) is 0 Å². The number of aromatic nitrogens is 2. The van der Waals surface area contributed by atoms with Crippen molar-refractivity contribution in [2.75, 3.05) is 26.2 Å². The van der Waals surface area contributed by atoms with E-state index in [-0.39, 0.29) is 17.8 Å². The van der Waals surface area contributed by atoms with Gasteiger partial charge >= 0.3 is 0 Å². The monoisotopic (exact) mass is 294 g/mol. The van der Waals surface area contributed by atoms with Crippen LogP contribution in [0.1, 0.15) is 23.8 Å². The molecular weight excluding hydrogens is 272 g/mol. The second-order valence-electron chi connectivity index (χ2n) is 5.17. The summed E-state index contributed by atoms with van der Waals surface area (Å²) in [5.74, 6) is 0.218. The number of rotatable bonds is 4. The summed E-state index contributed by atoms with van der Waals surface area (Å²) in [5, 5.41) is 11.9. The van der Waals surface area contributed by atoms with Crippen LogP contribution in [0.3, 0.4) is 0 Å². The topological polar surface area (TPSA) is 100.0 Å². The van der Waals surface area contributed by atoms with Crippen molar-refractivity contribution < 1.29 is 10.0 Å². The molecule has 1 fully saturated rings. The van der Waals surface area contributed by atoms with E-state index in [1.165, 1.54) is 0 Å². The van der Waals surface area contributed by atoms with Gasteiger partial charge in [0.25, 0.3) is 5.91 Å². The average Bonchev–Trinajstić information content (AvgIpc) is 2.94. The number of nitrogens with zero attached hydrogens (tertiary/aromatic N) is 5. The van der Waals surface area contributed by atoms with E-state index in [4.69, 9.17) is 10.9 Å². The molecule has 3 N–H and O–H groups in total. The van der Waals surface area contributed by atoms with Crippen LogP contribution < -0.4 is 5.73 Å². The molecule has 1 atom stereocenters. The van der Waals surface area contributed by atoms with Crippen LogP contribution in [0.2, 0.25) is 0 Å². The van der Waals surface area contributed by atoms with Gasteiger partial charge in [0, 0.05) is 33.2 Å². The zero-order valence-corrected chi connectivity index (χ0v) is 12.4. The molecule has 1 unspecified atom stereocenters. The molecule has 2 heterocycles. The van der Waals surface area contributed by atoms with Crippen molar-refractivity contribution in [3.8, 4) is 0 Å². The van der Waals surface area contributed by atoms with Gasteiger partial charge in [0.15, 0.2) is 5.84 Å². The Morgan fingerprint density at radius 1 is 1.48 bits per heavy atom. The first kappa shape index (κ1) is 15.3. The lowest BCUT2D eigenvalue weighted by Gasteiger charge is -2.38. The van der Waals surface area contributed by atoms with Crippen molar-refractivity contribution >= 4 is 11.7 Å². The number of imidazole rings is 1. The third-order valence-corrected chi connectivity index (χ3v) is 3.92. The molecule has 1 aromatic heterocycles. The predicted molar refractivity (Wildman–Crippen MR) is 78.2 cm³/mol. The number of piperazine rings is 1. The van der Waals surface area contributed by atoms with E-state index in [2.05, 4.69) is 15.0 Å². The third-order valence-electron chi connectivity index (χ3n) is 3.92. The zero-order valence-electron chi connectivity index (χ0n) is 12.4. The van der Waals surface area contributed by atoms with E-state index >= 15 is 0 Å². The van der Waals surface area contributed by atoms with Gasteiger partial charge in [-0.25, -0.2) is 4.98 Å². The second-order valence-corrected chi connectivity index (χ2v) is 5.17. The minimum atomic E-state index is -0.0797. The number of amides is 1. The minimum absolute atomic E-state index is 0.00787. The standard InChI is InChI=1S/C13H22N6O2/c1-3-10(12(14)16-21)18-4-6-19(7-5-18)13(20)11-8-15-9-17(11)2/h8-10,21H,3-7H2,1-2H3,(H2,14,16). The van der Waals surface area contributed by atoms with E-state index < -0.39 is 0 Å². The molecule has 0 saturated carbocycles. The number of aryl methyl sites for hydroxylation is 1. The van der Waals surface area contributed by atoms with Crippen molar-refractivity contribution in [1.29, 1.82) is 0 Å². The van der Waals surface area contributed by atoms with E-state index in [1.807, 2.05) is 18.9 Å². The Labute approximate surface area is 123 Å². The lowest BCUT2D eigenvalue weighted by molar-refractivity contribution is 0.0599. The second kappa shape index (κ2) is 6.57. The van der Waals surface area contributed by atoms with Crippen molar-refractivity contribution in [3.63, 3.8) is 0 Å². The number of hydrogen-bond donors (Lipinski definition) is 2. The number of nitrogens with two attached hydrogens (primary N) is 1. The minimum Gasteiger partial charge on any atom is -0.409 e. The Morgan fingerprint density at radius 2 is 2.14 bits per heavy atom. The average molecular weight is 294 g/mol. The van der Waals surface area contributed by atoms with Gasteiger partial charge in [-0.3, -0.25) is 9.69 Å². The van der Waals surface area contributed by atoms with Crippen LogP contribution in [0.15, 0.2) is 17.7 Å². The van der Waals surface area contributed by atoms with Crippen LogP contribution in [0, 0.1) is 0 Å². The summed E-state index contributed by atoms with van der Waals surface area (Å²) < 4.78 is 1.72. The first-order valence-electron chi connectivity index (χ1n) is 7.05. The van der Waals surface area contributed by atoms with Gasteiger partial charge in [-0.2, -0.15) is 0 Å². The molecule has 1 saturated heterocycles. The smallest absolute Gasteiger partial charge is 0.272 e. The fourth-order valence-corrected chi connectivity index (χ4v) is 2.68. The molecule has 1 aliphatic rings. The molecular formula is C13H22N6O2. The molecule has 0 radical (unpaired) electrons. The SMILES string of the molecule is CCC(C(N)=NO)N1CCN(C(=O)c2cncn2C)CC1. The Balaban J connectivity index is 1.97. The first-order chi connectivity index (χ1) is 10.1. The van der Waals surface area contributed by atoms with Crippen LogP contribution >= 0.6 is 0 Å². The molecule has 1 amide bonds. The van der Waals surface area contributed by atoms with E-state index in [9.17, 15) is 4.79 Å². The van der Waals surface area contributed by atoms with Crippen LogP contribution in [-0.4, -0.2) is 68.5 Å². The molecule has 116 valence electrons. The quantitative estimate of drug-likeness (QED) is 0.344. The maximum absolute atomic E-state index is 12.4. The highest BCUT2D eigenvalue weighted by Crippen LogP contribution is 2.12. The van der Waals surface area contributed by atoms with Crippen molar-refractivity contribution in [2.45, 2.75) is 19.4 Å². The van der Waals surface area contributed by atoms with Crippen molar-refractivity contribution in [2.24, 2.45) is 17.9 Å². The Kier molecular flexibility index (Phi) is 4.79. The lowest BCUT2D eigenvalue weighted by Crippen LogP contribution is -2.55. The van der Waals surface area contributed by atoms with E-state index in [1.54, 1.807) is 17.1 Å². The highest BCUT2D eigenvalue weighted by atomic mass is 16.4. The number of amidine groups is 1. The predicted octanol–water partition coefficient (Wildman–Crippen LogP) is -0.297. The Bertz CT molecular complexity index is 518. The van der Waals surface area contributed by atoms with Crippen LogP contribution in [0.25, 0.3) is 0 Å². The summed E-state index contributed by atoms with van der Waals surface area (Å²) in [6.45, 7) is 4.66. The van der Waals surface area contributed by atoms with Gasteiger partial charge < -0.3 is 20.4 Å². The molecule has 0 aromatic carbocycles. The highest BCUT2D eigenvalue weighted by molar-refractivity contribution is 5.92. The molecule has 0 bridgehead atoms. The van der Waals surface area contributed by atoms with Crippen molar-refractivity contribution in [3.05, 3.63) is 18.2 Å². The number of oxime groups is 1. The summed E-state index contributed by atoms with van der Waals surface area (Å²) in [4.78, 5) is 20.3. The number of hydrogen-bond acceptors (Lipinski definition) is 5. The molecule has 8 heteroatoms. The van der Waals surface area contributed by atoms with Crippen LogP contribution in [0.5, 0.6) is 0 Å². The summed E-state index contributed by atoms with van der Waals surface area (Å²) >= 11 is 0. The van der Waals surface area contributed by atoms with Gasteiger partial charge in [-0.1, -0.05) is 12.1 Å². The normalized spacial score (nSPS) is 18.8. The maximum Gasteiger partial charge on any atom is 0.272 e. The van der Waals surface area contributed by atoms with Gasteiger partial charge in [-0.05, 0) is 6.42 Å².